The van der Waals surface area contributed by atoms with Crippen LogP contribution in [0.4, 0.5) is 0 Å². The molecule has 2 unspecified atom stereocenters. The number of hydrogen-bond acceptors (Lipinski definition) is 1. The van der Waals surface area contributed by atoms with Gasteiger partial charge in [0.05, 0.1) is 6.07 Å². The van der Waals surface area contributed by atoms with E-state index in [1.165, 1.54) is 38.5 Å². The summed E-state index contributed by atoms with van der Waals surface area (Å²) in [6.45, 7) is 9.72. The molecule has 0 spiro atoms. The van der Waals surface area contributed by atoms with Gasteiger partial charge in [0, 0.05) is 6.42 Å². The smallest absolute Gasteiger partial charge is 0.0621 e. The van der Waals surface area contributed by atoms with Crippen molar-refractivity contribution >= 4 is 0 Å². The lowest BCUT2D eigenvalue weighted by atomic mass is 9.46. The van der Waals surface area contributed by atoms with Gasteiger partial charge in [-0.05, 0) is 72.7 Å². The zero-order valence-corrected chi connectivity index (χ0v) is 15.5. The van der Waals surface area contributed by atoms with E-state index in [0.29, 0.717) is 16.7 Å². The number of nitriles is 1. The Kier molecular flexibility index (Phi) is 4.47. The second-order valence-corrected chi connectivity index (χ2v) is 9.13. The molecule has 0 heterocycles. The molecular weight excluding hydrogens is 278 g/mol. The first-order chi connectivity index (χ1) is 10.9. The quantitative estimate of drug-likeness (QED) is 0.589. The summed E-state index contributed by atoms with van der Waals surface area (Å²) in [5, 5.41) is 9.07. The minimum Gasteiger partial charge on any atom is -0.198 e. The van der Waals surface area contributed by atoms with Crippen molar-refractivity contribution in [1.82, 2.24) is 0 Å². The molecule has 0 radical (unpaired) electrons. The lowest BCUT2D eigenvalue weighted by molar-refractivity contribution is -0.0522. The highest BCUT2D eigenvalue weighted by Gasteiger charge is 2.53. The van der Waals surface area contributed by atoms with E-state index in [9.17, 15) is 0 Å². The van der Waals surface area contributed by atoms with Crippen molar-refractivity contribution in [3.8, 4) is 6.07 Å². The molecule has 0 bridgehead atoms. The number of fused-ring (bicyclic) bond motifs is 3. The normalized spacial score (nSPS) is 39.8. The summed E-state index contributed by atoms with van der Waals surface area (Å²) in [5.41, 5.74) is 4.11. The van der Waals surface area contributed by atoms with Crippen LogP contribution >= 0.6 is 0 Å². The van der Waals surface area contributed by atoms with Crippen molar-refractivity contribution in [1.29, 1.82) is 5.26 Å². The molecule has 1 heteroatoms. The molecule has 0 amide bonds. The third-order valence-corrected chi connectivity index (χ3v) is 7.51. The van der Waals surface area contributed by atoms with Gasteiger partial charge in [0.25, 0.3) is 0 Å². The Morgan fingerprint density at radius 3 is 2.78 bits per heavy atom. The van der Waals surface area contributed by atoms with Crippen molar-refractivity contribution in [3.05, 3.63) is 23.3 Å². The summed E-state index contributed by atoms with van der Waals surface area (Å²) in [4.78, 5) is 0. The molecule has 0 saturated heterocycles. The standard InChI is InChI=1S/C22H33N/c1-16(2)17-7-9-19-18(15-17)8-10-20-21(3,12-6-14-23)11-5-13-22(19,20)4/h8,15-16,19-20H,5-7,9-13H2,1-4H3/t19?,20-,21?,22+/m0/s1. The summed E-state index contributed by atoms with van der Waals surface area (Å²) < 4.78 is 0. The molecule has 23 heavy (non-hydrogen) atoms. The maximum Gasteiger partial charge on any atom is 0.0621 e. The van der Waals surface area contributed by atoms with Crippen molar-refractivity contribution in [3.63, 3.8) is 0 Å². The molecule has 1 nitrogen and oxygen atoms in total. The Bertz CT molecular complexity index is 561. The lowest BCUT2D eigenvalue weighted by Gasteiger charge is -2.58. The summed E-state index contributed by atoms with van der Waals surface area (Å²) >= 11 is 0. The van der Waals surface area contributed by atoms with Gasteiger partial charge in [-0.2, -0.15) is 5.26 Å². The number of nitrogens with zero attached hydrogens (tertiary/aromatic N) is 1. The second kappa shape index (κ2) is 6.12. The second-order valence-electron chi connectivity index (χ2n) is 9.13. The van der Waals surface area contributed by atoms with Crippen LogP contribution in [-0.4, -0.2) is 0 Å². The fourth-order valence-electron chi connectivity index (χ4n) is 6.11. The molecule has 3 rings (SSSR count). The van der Waals surface area contributed by atoms with Crippen molar-refractivity contribution in [2.75, 3.05) is 0 Å². The van der Waals surface area contributed by atoms with Crippen LogP contribution < -0.4 is 0 Å². The molecule has 126 valence electrons. The highest BCUT2D eigenvalue weighted by atomic mass is 14.6. The molecular formula is C22H33N. The van der Waals surface area contributed by atoms with Gasteiger partial charge in [-0.15, -0.1) is 0 Å². The fourth-order valence-corrected chi connectivity index (χ4v) is 6.11. The molecule has 0 aromatic carbocycles. The minimum absolute atomic E-state index is 0.368. The molecule has 4 atom stereocenters. The summed E-state index contributed by atoms with van der Waals surface area (Å²) in [5.74, 6) is 2.21. The largest absolute Gasteiger partial charge is 0.198 e. The summed E-state index contributed by atoms with van der Waals surface area (Å²) in [6, 6.07) is 2.40. The van der Waals surface area contributed by atoms with Gasteiger partial charge in [-0.25, -0.2) is 0 Å². The Hall–Kier alpha value is -1.03. The third kappa shape index (κ3) is 2.79. The van der Waals surface area contributed by atoms with E-state index in [2.05, 4.69) is 45.9 Å². The van der Waals surface area contributed by atoms with E-state index in [1.54, 1.807) is 11.1 Å². The Labute approximate surface area is 142 Å². The Morgan fingerprint density at radius 2 is 2.09 bits per heavy atom. The van der Waals surface area contributed by atoms with Crippen LogP contribution in [0.3, 0.4) is 0 Å². The van der Waals surface area contributed by atoms with Gasteiger partial charge in [0.1, 0.15) is 0 Å². The van der Waals surface area contributed by atoms with E-state index in [0.717, 1.165) is 24.7 Å². The first kappa shape index (κ1) is 16.8. The van der Waals surface area contributed by atoms with Crippen molar-refractivity contribution in [2.45, 2.75) is 79.1 Å². The zero-order valence-electron chi connectivity index (χ0n) is 15.5. The average molecular weight is 312 g/mol. The summed E-state index contributed by atoms with van der Waals surface area (Å²) in [7, 11) is 0. The maximum atomic E-state index is 9.07. The minimum atomic E-state index is 0.368. The number of rotatable bonds is 3. The van der Waals surface area contributed by atoms with Crippen LogP contribution in [0.5, 0.6) is 0 Å². The predicted octanol–water partition coefficient (Wildman–Crippen LogP) is 6.43. The molecule has 0 aliphatic heterocycles. The molecule has 1 saturated carbocycles. The molecule has 0 N–H and O–H groups in total. The molecule has 3 aliphatic carbocycles. The lowest BCUT2D eigenvalue weighted by Crippen LogP contribution is -2.50. The van der Waals surface area contributed by atoms with Gasteiger partial charge in [0.2, 0.25) is 0 Å². The van der Waals surface area contributed by atoms with E-state index in [1.807, 2.05) is 0 Å². The van der Waals surface area contributed by atoms with E-state index >= 15 is 0 Å². The van der Waals surface area contributed by atoms with E-state index < -0.39 is 0 Å². The van der Waals surface area contributed by atoms with Crippen molar-refractivity contribution < 1.29 is 0 Å². The summed E-state index contributed by atoms with van der Waals surface area (Å²) in [6.07, 6.45) is 14.8. The highest BCUT2D eigenvalue weighted by molar-refractivity contribution is 5.35. The Morgan fingerprint density at radius 1 is 1.30 bits per heavy atom. The highest BCUT2D eigenvalue weighted by Crippen LogP contribution is 2.63. The first-order valence-corrected chi connectivity index (χ1v) is 9.68. The SMILES string of the molecule is CC(C)C1=CC2=CC[C@H]3C(C)(CCC#N)CCC[C@]3(C)C2CC1. The first-order valence-electron chi connectivity index (χ1n) is 9.68. The predicted molar refractivity (Wildman–Crippen MR) is 96.7 cm³/mol. The van der Waals surface area contributed by atoms with Gasteiger partial charge in [-0.3, -0.25) is 0 Å². The van der Waals surface area contributed by atoms with E-state index in [4.69, 9.17) is 5.26 Å². The van der Waals surface area contributed by atoms with Gasteiger partial charge in [0.15, 0.2) is 0 Å². The number of hydrogen-bond donors (Lipinski definition) is 0. The van der Waals surface area contributed by atoms with Crippen LogP contribution in [0.2, 0.25) is 0 Å². The van der Waals surface area contributed by atoms with Gasteiger partial charge in [-0.1, -0.05) is 51.8 Å². The Balaban J connectivity index is 1.92. The third-order valence-electron chi connectivity index (χ3n) is 7.51. The molecule has 1 fully saturated rings. The van der Waals surface area contributed by atoms with Gasteiger partial charge < -0.3 is 0 Å². The fraction of sp³-hybridized carbons (Fsp3) is 0.773. The maximum absolute atomic E-state index is 9.07. The average Bonchev–Trinajstić information content (AvgIpc) is 2.52. The molecule has 0 aromatic rings. The zero-order chi connectivity index (χ0) is 16.7. The molecule has 0 aromatic heterocycles. The van der Waals surface area contributed by atoms with Crippen LogP contribution in [0, 0.1) is 39.9 Å². The van der Waals surface area contributed by atoms with Crippen LogP contribution in [-0.2, 0) is 0 Å². The van der Waals surface area contributed by atoms with E-state index in [-0.39, 0.29) is 0 Å². The van der Waals surface area contributed by atoms with Gasteiger partial charge >= 0.3 is 0 Å². The number of allylic oxidation sites excluding steroid dienone is 4. The monoisotopic (exact) mass is 311 g/mol. The topological polar surface area (TPSA) is 23.8 Å². The van der Waals surface area contributed by atoms with Crippen molar-refractivity contribution in [2.24, 2.45) is 28.6 Å². The van der Waals surface area contributed by atoms with Crippen LogP contribution in [0.15, 0.2) is 23.3 Å². The van der Waals surface area contributed by atoms with Crippen LogP contribution in [0.25, 0.3) is 0 Å². The molecule has 3 aliphatic rings. The van der Waals surface area contributed by atoms with Crippen LogP contribution in [0.1, 0.15) is 79.1 Å².